The molecule has 2 rings (SSSR count). The van der Waals surface area contributed by atoms with Gasteiger partial charge >= 0.3 is 5.97 Å². The largest absolute Gasteiger partial charge is 0.480 e. The summed E-state index contributed by atoms with van der Waals surface area (Å²) in [5.74, 6) is -1.15. The Morgan fingerprint density at radius 2 is 0.870 bits per heavy atom. The predicted octanol–water partition coefficient (Wildman–Crippen LogP) is 7.14. The van der Waals surface area contributed by atoms with E-state index in [0.29, 0.717) is 12.8 Å². The molecule has 0 radical (unpaired) electrons. The highest BCUT2D eigenvalue weighted by Crippen LogP contribution is 2.17. The van der Waals surface area contributed by atoms with Crippen LogP contribution in [-0.4, -0.2) is 57.3 Å². The van der Waals surface area contributed by atoms with Gasteiger partial charge in [-0.3, -0.25) is 4.79 Å². The van der Waals surface area contributed by atoms with E-state index in [1.165, 1.54) is 93.7 Å². The molecule has 8 N–H and O–H groups in total. The van der Waals surface area contributed by atoms with Crippen LogP contribution < -0.4 is 11.5 Å². The lowest BCUT2D eigenvalue weighted by molar-refractivity contribution is -0.145. The molecule has 46 heavy (non-hydrogen) atoms. The Kier molecular flexibility index (Phi) is 24.5. The van der Waals surface area contributed by atoms with Gasteiger partial charge in [-0.05, 0) is 73.6 Å². The first-order valence-corrected chi connectivity index (χ1v) is 17.4. The first kappa shape index (κ1) is 43.7. The topological polar surface area (TPSA) is 150 Å². The smallest absolute Gasteiger partial charge is 0.326 e. The summed E-state index contributed by atoms with van der Waals surface area (Å²) in [5, 5.41) is 36.6. The molecule has 0 bridgehead atoms. The van der Waals surface area contributed by atoms with Gasteiger partial charge in [0.1, 0.15) is 5.54 Å². The zero-order chi connectivity index (χ0) is 33.4. The maximum Gasteiger partial charge on any atom is 0.326 e. The summed E-state index contributed by atoms with van der Waals surface area (Å²) in [6, 6.07) is 17.0. The van der Waals surface area contributed by atoms with E-state index < -0.39 is 23.7 Å². The molecule has 0 aliphatic heterocycles. The molecule has 0 amide bonds. The number of carbonyl (C=O) groups is 1. The van der Waals surface area contributed by atoms with Crippen molar-refractivity contribution in [2.45, 2.75) is 148 Å². The van der Waals surface area contributed by atoms with Crippen molar-refractivity contribution in [1.82, 2.24) is 0 Å². The van der Waals surface area contributed by atoms with E-state index in [4.69, 9.17) is 21.7 Å². The molecule has 0 saturated carbocycles. The average molecular weight is 645 g/mol. The van der Waals surface area contributed by atoms with E-state index in [2.05, 4.69) is 50.2 Å². The monoisotopic (exact) mass is 645 g/mol. The van der Waals surface area contributed by atoms with Crippen molar-refractivity contribution in [3.8, 4) is 0 Å². The van der Waals surface area contributed by atoms with Crippen molar-refractivity contribution in [1.29, 1.82) is 0 Å². The number of carboxylic acid groups (broad SMARTS) is 1. The van der Waals surface area contributed by atoms with Gasteiger partial charge in [0.05, 0.1) is 25.4 Å². The second-order valence-electron chi connectivity index (χ2n) is 13.0. The molecule has 0 aliphatic carbocycles. The first-order chi connectivity index (χ1) is 21.6. The number of aliphatic hydroxyl groups is 3. The van der Waals surface area contributed by atoms with Crippen LogP contribution in [0.2, 0.25) is 0 Å². The lowest BCUT2D eigenvalue weighted by Gasteiger charge is -2.24. The van der Waals surface area contributed by atoms with E-state index in [1.54, 1.807) is 0 Å². The quantitative estimate of drug-likeness (QED) is 0.0665. The summed E-state index contributed by atoms with van der Waals surface area (Å²) < 4.78 is 0. The summed E-state index contributed by atoms with van der Waals surface area (Å²) >= 11 is 0. The fourth-order valence-electron chi connectivity index (χ4n) is 5.19. The van der Waals surface area contributed by atoms with Crippen LogP contribution in [0.4, 0.5) is 0 Å². The summed E-state index contributed by atoms with van der Waals surface area (Å²) in [7, 11) is 0. The molecular weight excluding hydrogens is 576 g/mol. The van der Waals surface area contributed by atoms with Gasteiger partial charge in [-0.1, -0.05) is 134 Å². The molecule has 2 aromatic carbocycles. The Morgan fingerprint density at radius 3 is 1.20 bits per heavy atom. The maximum atomic E-state index is 11.1. The molecule has 7 heteroatoms. The molecule has 1 atom stereocenters. The average Bonchev–Trinajstić information content (AvgIpc) is 3.07. The number of hydrogen-bond donors (Lipinski definition) is 6. The summed E-state index contributed by atoms with van der Waals surface area (Å²) in [4.78, 5) is 11.1. The fraction of sp³-hybridized carbons (Fsp3) is 0.667. The molecule has 2 aromatic rings. The fourth-order valence-corrected chi connectivity index (χ4v) is 5.19. The standard InChI is InChI=1S/C19H31NO3.C19H33NO2.CH4/c1-2-3-4-5-6-7-8-16-9-11-17(12-10-16)13-14-19(20,15-21)18(22)23;1-2-3-4-5-6-7-8-17-9-11-18(12-10-17)13-14-19(20,15-21)16-22;/h9-12,21H,2-8,13-15,20H2,1H3,(H,22,23);9-12,21-22H,2-8,13-16,20H2,1H3;1H4. The molecule has 7 nitrogen and oxygen atoms in total. The minimum atomic E-state index is -1.54. The number of carboxylic acids is 1. The number of unbranched alkanes of at least 4 members (excludes halogenated alkanes) is 10. The Labute approximate surface area is 280 Å². The zero-order valence-corrected chi connectivity index (χ0v) is 28.3. The Balaban J connectivity index is 0.000000862. The first-order valence-electron chi connectivity index (χ1n) is 17.4. The SMILES string of the molecule is C.CCCCCCCCc1ccc(CCC(N)(CO)C(=O)O)cc1.CCCCCCCCc1ccc(CCC(N)(CO)CO)cc1. The number of benzene rings is 2. The van der Waals surface area contributed by atoms with Crippen molar-refractivity contribution >= 4 is 5.97 Å². The van der Waals surface area contributed by atoms with Crippen molar-refractivity contribution < 1.29 is 25.2 Å². The normalized spacial score (nSPS) is 12.5. The number of aliphatic hydroxyl groups excluding tert-OH is 3. The van der Waals surface area contributed by atoms with Crippen molar-refractivity contribution in [2.24, 2.45) is 11.5 Å². The minimum absolute atomic E-state index is 0. The van der Waals surface area contributed by atoms with Gasteiger partial charge < -0.3 is 31.9 Å². The number of hydrogen-bond acceptors (Lipinski definition) is 6. The summed E-state index contributed by atoms with van der Waals surface area (Å²) in [6.45, 7) is 3.57. The van der Waals surface area contributed by atoms with Crippen LogP contribution in [-0.2, 0) is 30.5 Å². The van der Waals surface area contributed by atoms with Gasteiger partial charge in [-0.2, -0.15) is 0 Å². The number of aliphatic carboxylic acids is 1. The van der Waals surface area contributed by atoms with Crippen LogP contribution in [0.25, 0.3) is 0 Å². The predicted molar refractivity (Wildman–Crippen MR) is 193 cm³/mol. The zero-order valence-electron chi connectivity index (χ0n) is 28.3. The van der Waals surface area contributed by atoms with Gasteiger partial charge in [-0.25, -0.2) is 0 Å². The van der Waals surface area contributed by atoms with Gasteiger partial charge in [-0.15, -0.1) is 0 Å². The summed E-state index contributed by atoms with van der Waals surface area (Å²) in [5.41, 5.74) is 14.1. The second-order valence-corrected chi connectivity index (χ2v) is 13.0. The lowest BCUT2D eigenvalue weighted by Crippen LogP contribution is -2.51. The van der Waals surface area contributed by atoms with Crippen LogP contribution in [0.3, 0.4) is 0 Å². The number of rotatable bonds is 24. The van der Waals surface area contributed by atoms with E-state index >= 15 is 0 Å². The van der Waals surface area contributed by atoms with E-state index in [1.807, 2.05) is 12.1 Å². The minimum Gasteiger partial charge on any atom is -0.480 e. The van der Waals surface area contributed by atoms with Gasteiger partial charge in [0, 0.05) is 0 Å². The van der Waals surface area contributed by atoms with Gasteiger partial charge in [0.15, 0.2) is 0 Å². The second kappa shape index (κ2) is 25.8. The highest BCUT2D eigenvalue weighted by atomic mass is 16.4. The van der Waals surface area contributed by atoms with Crippen molar-refractivity contribution in [3.05, 3.63) is 70.8 Å². The highest BCUT2D eigenvalue weighted by Gasteiger charge is 2.32. The third-order valence-corrected chi connectivity index (χ3v) is 8.79. The van der Waals surface area contributed by atoms with Crippen molar-refractivity contribution in [3.63, 3.8) is 0 Å². The Hall–Kier alpha value is -2.29. The van der Waals surface area contributed by atoms with Gasteiger partial charge in [0.2, 0.25) is 0 Å². The van der Waals surface area contributed by atoms with Crippen molar-refractivity contribution in [2.75, 3.05) is 19.8 Å². The highest BCUT2D eigenvalue weighted by molar-refractivity contribution is 5.78. The van der Waals surface area contributed by atoms with E-state index in [-0.39, 0.29) is 27.1 Å². The maximum absolute atomic E-state index is 11.1. The molecule has 0 saturated heterocycles. The molecule has 0 aromatic heterocycles. The van der Waals surface area contributed by atoms with Crippen LogP contribution in [0.1, 0.15) is 133 Å². The van der Waals surface area contributed by atoms with Crippen LogP contribution in [0.15, 0.2) is 48.5 Å². The molecule has 264 valence electrons. The molecule has 0 fully saturated rings. The van der Waals surface area contributed by atoms with Crippen LogP contribution in [0, 0.1) is 0 Å². The van der Waals surface area contributed by atoms with Gasteiger partial charge in [0.25, 0.3) is 0 Å². The molecule has 0 spiro atoms. The van der Waals surface area contributed by atoms with Crippen LogP contribution >= 0.6 is 0 Å². The third kappa shape index (κ3) is 18.8. The Bertz CT molecular complexity index is 1010. The molecular formula is C39H68N2O5. The molecule has 1 unspecified atom stereocenters. The van der Waals surface area contributed by atoms with E-state index in [0.717, 1.165) is 24.8 Å². The Morgan fingerprint density at radius 1 is 0.543 bits per heavy atom. The molecule has 0 heterocycles. The van der Waals surface area contributed by atoms with E-state index in [9.17, 15) is 15.0 Å². The van der Waals surface area contributed by atoms with Crippen LogP contribution in [0.5, 0.6) is 0 Å². The third-order valence-electron chi connectivity index (χ3n) is 8.79. The summed E-state index contributed by atoms with van der Waals surface area (Å²) in [6.07, 6.45) is 20.2. The molecule has 0 aliphatic rings. The number of aryl methyl sites for hydroxylation is 4. The lowest BCUT2D eigenvalue weighted by atomic mass is 9.92. The number of nitrogens with two attached hydrogens (primary N) is 2.